The van der Waals surface area contributed by atoms with Crippen LogP contribution >= 0.6 is 0 Å². The van der Waals surface area contributed by atoms with Crippen molar-refractivity contribution in [2.75, 3.05) is 0 Å². The van der Waals surface area contributed by atoms with E-state index in [1.165, 1.54) is 24.8 Å². The predicted octanol–water partition coefficient (Wildman–Crippen LogP) is 4.69. The van der Waals surface area contributed by atoms with Crippen molar-refractivity contribution in [1.29, 1.82) is 0 Å². The lowest BCUT2D eigenvalue weighted by atomic mass is 10.1. The van der Waals surface area contributed by atoms with E-state index in [9.17, 15) is 0 Å². The Hall–Kier alpha value is -0.863. The molecule has 0 saturated heterocycles. The molecule has 2 rings (SSSR count). The van der Waals surface area contributed by atoms with Crippen LogP contribution in [0.15, 0.2) is 41.6 Å². The SMILES string of the molecule is C[C@@H](N[C@H]1CCC/C1=C\[Si](C)(C)C)c1ccccc1. The molecule has 0 heterocycles. The molecule has 2 heteroatoms. The van der Waals surface area contributed by atoms with Crippen LogP contribution in [0.3, 0.4) is 0 Å². The van der Waals surface area contributed by atoms with Crippen LogP contribution in [0, 0.1) is 0 Å². The molecular weight excluding hydrogens is 246 g/mol. The molecule has 1 nitrogen and oxygen atoms in total. The molecular formula is C17H27NSi. The molecule has 1 N–H and O–H groups in total. The summed E-state index contributed by atoms with van der Waals surface area (Å²) in [7, 11) is -1.10. The maximum atomic E-state index is 3.82. The van der Waals surface area contributed by atoms with E-state index in [4.69, 9.17) is 0 Å². The van der Waals surface area contributed by atoms with Crippen molar-refractivity contribution in [3.05, 3.63) is 47.2 Å². The smallest absolute Gasteiger partial charge is 0.0687 e. The molecule has 0 aromatic heterocycles. The molecule has 1 aliphatic rings. The molecule has 0 unspecified atom stereocenters. The molecule has 0 spiro atoms. The molecule has 1 saturated carbocycles. The Morgan fingerprint density at radius 3 is 2.53 bits per heavy atom. The Kier molecular flexibility index (Phi) is 4.64. The van der Waals surface area contributed by atoms with Crippen LogP contribution in [0.5, 0.6) is 0 Å². The summed E-state index contributed by atoms with van der Waals surface area (Å²) in [5.41, 5.74) is 5.67. The Morgan fingerprint density at radius 1 is 1.21 bits per heavy atom. The lowest BCUT2D eigenvalue weighted by Crippen LogP contribution is -2.32. The second-order valence-electron chi connectivity index (χ2n) is 6.83. The van der Waals surface area contributed by atoms with Gasteiger partial charge in [-0.3, -0.25) is 0 Å². The number of rotatable bonds is 4. The first-order chi connectivity index (χ1) is 8.96. The van der Waals surface area contributed by atoms with Gasteiger partial charge in [-0.25, -0.2) is 0 Å². The molecule has 0 bridgehead atoms. The van der Waals surface area contributed by atoms with Crippen LogP contribution in [-0.4, -0.2) is 14.1 Å². The Morgan fingerprint density at radius 2 is 1.89 bits per heavy atom. The van der Waals surface area contributed by atoms with E-state index in [-0.39, 0.29) is 0 Å². The number of hydrogen-bond donors (Lipinski definition) is 1. The average Bonchev–Trinajstić information content (AvgIpc) is 2.75. The van der Waals surface area contributed by atoms with Crippen LogP contribution in [0.25, 0.3) is 0 Å². The zero-order chi connectivity index (χ0) is 13.9. The molecule has 104 valence electrons. The van der Waals surface area contributed by atoms with E-state index in [1.54, 1.807) is 5.57 Å². The van der Waals surface area contributed by atoms with Gasteiger partial charge in [0.15, 0.2) is 0 Å². The highest BCUT2D eigenvalue weighted by molar-refractivity contribution is 6.81. The van der Waals surface area contributed by atoms with Crippen LogP contribution in [0.2, 0.25) is 19.6 Å². The maximum absolute atomic E-state index is 3.82. The largest absolute Gasteiger partial charge is 0.304 e. The third kappa shape index (κ3) is 4.32. The number of hydrogen-bond acceptors (Lipinski definition) is 1. The minimum Gasteiger partial charge on any atom is -0.304 e. The first-order valence-corrected chi connectivity index (χ1v) is 11.1. The summed E-state index contributed by atoms with van der Waals surface area (Å²) < 4.78 is 0. The van der Waals surface area contributed by atoms with Crippen molar-refractivity contribution in [3.8, 4) is 0 Å². The summed E-state index contributed by atoms with van der Waals surface area (Å²) in [5, 5.41) is 3.82. The monoisotopic (exact) mass is 273 g/mol. The highest BCUT2D eigenvalue weighted by Gasteiger charge is 2.24. The fourth-order valence-corrected chi connectivity index (χ4v) is 4.39. The second kappa shape index (κ2) is 6.06. The van der Waals surface area contributed by atoms with Gasteiger partial charge in [0.25, 0.3) is 0 Å². The highest BCUT2D eigenvalue weighted by Crippen LogP contribution is 2.28. The first kappa shape index (κ1) is 14.5. The Labute approximate surface area is 119 Å². The zero-order valence-corrected chi connectivity index (χ0v) is 13.7. The van der Waals surface area contributed by atoms with Crippen LogP contribution in [0.1, 0.15) is 37.8 Å². The molecule has 1 aliphatic carbocycles. The van der Waals surface area contributed by atoms with Crippen LogP contribution < -0.4 is 5.32 Å². The van der Waals surface area contributed by atoms with Crippen molar-refractivity contribution in [3.63, 3.8) is 0 Å². The van der Waals surface area contributed by atoms with Crippen LogP contribution in [-0.2, 0) is 0 Å². The summed E-state index contributed by atoms with van der Waals surface area (Å²) >= 11 is 0. The molecule has 0 amide bonds. The van der Waals surface area contributed by atoms with Gasteiger partial charge in [0.1, 0.15) is 0 Å². The minimum absolute atomic E-state index is 0.439. The van der Waals surface area contributed by atoms with Gasteiger partial charge in [0.2, 0.25) is 0 Å². The number of nitrogens with one attached hydrogen (secondary N) is 1. The van der Waals surface area contributed by atoms with Crippen molar-refractivity contribution < 1.29 is 0 Å². The molecule has 0 aliphatic heterocycles. The standard InChI is InChI=1S/C17H27NSi/c1-14(15-9-6-5-7-10-15)18-17-12-8-11-16(17)13-19(2,3)4/h5-7,9-10,13-14,17-18H,8,11-12H2,1-4H3/b16-13+/t14-,17+/m1/s1. The van der Waals surface area contributed by atoms with Gasteiger partial charge in [-0.15, -0.1) is 0 Å². The van der Waals surface area contributed by atoms with Gasteiger partial charge in [-0.05, 0) is 31.7 Å². The van der Waals surface area contributed by atoms with Crippen molar-refractivity contribution in [2.24, 2.45) is 0 Å². The van der Waals surface area contributed by atoms with Crippen molar-refractivity contribution >= 4 is 8.07 Å². The van der Waals surface area contributed by atoms with Crippen molar-refractivity contribution in [2.45, 2.75) is 57.9 Å². The molecule has 1 aromatic rings. The summed E-state index contributed by atoms with van der Waals surface area (Å²) in [5.74, 6) is 0. The Balaban J connectivity index is 2.04. The fourth-order valence-electron chi connectivity index (χ4n) is 2.93. The Bertz CT molecular complexity index is 430. The van der Waals surface area contributed by atoms with E-state index < -0.39 is 8.07 Å². The number of benzene rings is 1. The van der Waals surface area contributed by atoms with Gasteiger partial charge >= 0.3 is 0 Å². The maximum Gasteiger partial charge on any atom is 0.0687 e. The molecule has 1 fully saturated rings. The average molecular weight is 273 g/mol. The summed E-state index contributed by atoms with van der Waals surface area (Å²) in [4.78, 5) is 0. The fraction of sp³-hybridized carbons (Fsp3) is 0.529. The first-order valence-electron chi connectivity index (χ1n) is 7.48. The molecule has 1 aromatic carbocycles. The van der Waals surface area contributed by atoms with E-state index in [2.05, 4.69) is 67.9 Å². The lowest BCUT2D eigenvalue weighted by Gasteiger charge is -2.23. The van der Waals surface area contributed by atoms with Gasteiger partial charge in [0.05, 0.1) is 8.07 Å². The molecule has 0 radical (unpaired) electrons. The third-order valence-electron chi connectivity index (χ3n) is 3.78. The second-order valence-corrected chi connectivity index (χ2v) is 11.8. The van der Waals surface area contributed by atoms with E-state index in [0.717, 1.165) is 0 Å². The van der Waals surface area contributed by atoms with E-state index in [1.807, 2.05) is 0 Å². The van der Waals surface area contributed by atoms with Gasteiger partial charge in [-0.1, -0.05) is 61.2 Å². The topological polar surface area (TPSA) is 12.0 Å². The minimum atomic E-state index is -1.10. The lowest BCUT2D eigenvalue weighted by molar-refractivity contribution is 0.502. The summed E-state index contributed by atoms with van der Waals surface area (Å²) in [6.07, 6.45) is 3.94. The molecule has 2 atom stereocenters. The van der Waals surface area contributed by atoms with Crippen molar-refractivity contribution in [1.82, 2.24) is 5.32 Å². The summed E-state index contributed by atoms with van der Waals surface area (Å²) in [6, 6.07) is 11.8. The summed E-state index contributed by atoms with van der Waals surface area (Å²) in [6.45, 7) is 9.56. The zero-order valence-electron chi connectivity index (χ0n) is 12.7. The van der Waals surface area contributed by atoms with E-state index >= 15 is 0 Å². The van der Waals surface area contributed by atoms with Gasteiger partial charge in [0, 0.05) is 12.1 Å². The van der Waals surface area contributed by atoms with E-state index in [0.29, 0.717) is 12.1 Å². The highest BCUT2D eigenvalue weighted by atomic mass is 28.3. The van der Waals surface area contributed by atoms with Gasteiger partial charge in [-0.2, -0.15) is 0 Å². The quantitative estimate of drug-likeness (QED) is 0.785. The molecule has 19 heavy (non-hydrogen) atoms. The van der Waals surface area contributed by atoms with Crippen LogP contribution in [0.4, 0.5) is 0 Å². The predicted molar refractivity (Wildman–Crippen MR) is 87.1 cm³/mol. The third-order valence-corrected chi connectivity index (χ3v) is 5.01. The van der Waals surface area contributed by atoms with Gasteiger partial charge < -0.3 is 5.32 Å². The normalized spacial score (nSPS) is 23.8.